The molecular weight excluding hydrogens is 260 g/mol. The van der Waals surface area contributed by atoms with Crippen LogP contribution in [-0.2, 0) is 13.1 Å². The van der Waals surface area contributed by atoms with Gasteiger partial charge in [0, 0.05) is 12.2 Å². The molecule has 21 heavy (non-hydrogen) atoms. The second kappa shape index (κ2) is 5.68. The van der Waals surface area contributed by atoms with E-state index >= 15 is 0 Å². The highest BCUT2D eigenvalue weighted by atomic mass is 15.1. The summed E-state index contributed by atoms with van der Waals surface area (Å²) >= 11 is 0. The fourth-order valence-electron chi connectivity index (χ4n) is 2.49. The molecule has 0 atom stereocenters. The van der Waals surface area contributed by atoms with Crippen molar-refractivity contribution in [1.29, 1.82) is 5.26 Å². The third-order valence-corrected chi connectivity index (χ3v) is 3.49. The van der Waals surface area contributed by atoms with Crippen LogP contribution in [0.25, 0.3) is 11.0 Å². The molecular formula is C17H16N4. The van der Waals surface area contributed by atoms with Crippen molar-refractivity contribution in [2.24, 2.45) is 0 Å². The molecule has 0 amide bonds. The fraction of sp³-hybridized carbons (Fsp3) is 0.176. The zero-order valence-corrected chi connectivity index (χ0v) is 11.9. The van der Waals surface area contributed by atoms with Crippen LogP contribution in [0, 0.1) is 11.3 Å². The van der Waals surface area contributed by atoms with Gasteiger partial charge in [0.1, 0.15) is 5.82 Å². The molecule has 4 nitrogen and oxygen atoms in total. The van der Waals surface area contributed by atoms with E-state index in [1.54, 1.807) is 6.07 Å². The standard InChI is InChI=1S/C17H16N4/c1-2-21-16-9-4-3-8-15(16)20-17(21)12-19-14-7-5-6-13(10-14)11-18/h3-10,19H,2,12H2,1H3. The van der Waals surface area contributed by atoms with E-state index in [2.05, 4.69) is 33.9 Å². The number of rotatable bonds is 4. The van der Waals surface area contributed by atoms with Gasteiger partial charge in [-0.3, -0.25) is 0 Å². The van der Waals surface area contributed by atoms with Crippen LogP contribution in [0.1, 0.15) is 18.3 Å². The zero-order valence-electron chi connectivity index (χ0n) is 11.9. The summed E-state index contributed by atoms with van der Waals surface area (Å²) in [5, 5.41) is 12.3. The molecule has 0 saturated carbocycles. The predicted molar refractivity (Wildman–Crippen MR) is 83.9 cm³/mol. The number of aryl methyl sites for hydroxylation is 1. The first-order valence-electron chi connectivity index (χ1n) is 7.00. The summed E-state index contributed by atoms with van der Waals surface area (Å²) < 4.78 is 2.20. The smallest absolute Gasteiger partial charge is 0.129 e. The molecule has 1 aromatic heterocycles. The van der Waals surface area contributed by atoms with Crippen LogP contribution in [0.5, 0.6) is 0 Å². The van der Waals surface area contributed by atoms with Crippen LogP contribution in [0.2, 0.25) is 0 Å². The van der Waals surface area contributed by atoms with Crippen molar-refractivity contribution in [3.63, 3.8) is 0 Å². The lowest BCUT2D eigenvalue weighted by molar-refractivity contribution is 0.729. The number of nitriles is 1. The molecule has 2 aromatic carbocycles. The number of anilines is 1. The van der Waals surface area contributed by atoms with Crippen molar-refractivity contribution in [1.82, 2.24) is 9.55 Å². The van der Waals surface area contributed by atoms with Crippen LogP contribution in [-0.4, -0.2) is 9.55 Å². The average Bonchev–Trinajstić information content (AvgIpc) is 2.90. The molecule has 0 aliphatic heterocycles. The number of hydrogen-bond donors (Lipinski definition) is 1. The molecule has 0 unspecified atom stereocenters. The Morgan fingerprint density at radius 2 is 2.05 bits per heavy atom. The Kier molecular flexibility index (Phi) is 3.57. The number of nitrogens with zero attached hydrogens (tertiary/aromatic N) is 3. The number of nitrogens with one attached hydrogen (secondary N) is 1. The molecule has 4 heteroatoms. The molecule has 0 bridgehead atoms. The summed E-state index contributed by atoms with van der Waals surface area (Å²) in [6.45, 7) is 3.64. The highest BCUT2D eigenvalue weighted by Crippen LogP contribution is 2.17. The van der Waals surface area contributed by atoms with Gasteiger partial charge in [-0.2, -0.15) is 5.26 Å². The molecule has 0 radical (unpaired) electrons. The van der Waals surface area contributed by atoms with Crippen molar-refractivity contribution in [2.45, 2.75) is 20.0 Å². The van der Waals surface area contributed by atoms with Crippen LogP contribution in [0.3, 0.4) is 0 Å². The minimum absolute atomic E-state index is 0.636. The highest BCUT2D eigenvalue weighted by molar-refractivity contribution is 5.76. The van der Waals surface area contributed by atoms with E-state index in [1.807, 2.05) is 36.4 Å². The second-order valence-electron chi connectivity index (χ2n) is 4.81. The Hall–Kier alpha value is -2.80. The van der Waals surface area contributed by atoms with E-state index in [0.717, 1.165) is 29.1 Å². The quantitative estimate of drug-likeness (QED) is 0.793. The SMILES string of the molecule is CCn1c(CNc2cccc(C#N)c2)nc2ccccc21. The summed E-state index contributed by atoms with van der Waals surface area (Å²) in [7, 11) is 0. The molecule has 104 valence electrons. The Bertz CT molecular complexity index is 811. The summed E-state index contributed by atoms with van der Waals surface area (Å²) in [6.07, 6.45) is 0. The van der Waals surface area contributed by atoms with Crippen molar-refractivity contribution >= 4 is 16.7 Å². The maximum Gasteiger partial charge on any atom is 0.129 e. The zero-order chi connectivity index (χ0) is 14.7. The fourth-order valence-corrected chi connectivity index (χ4v) is 2.49. The van der Waals surface area contributed by atoms with Gasteiger partial charge in [0.15, 0.2) is 0 Å². The minimum Gasteiger partial charge on any atom is -0.378 e. The minimum atomic E-state index is 0.636. The Morgan fingerprint density at radius 1 is 1.19 bits per heavy atom. The third kappa shape index (κ3) is 2.59. The van der Waals surface area contributed by atoms with Crippen LogP contribution in [0.4, 0.5) is 5.69 Å². The lowest BCUT2D eigenvalue weighted by atomic mass is 10.2. The molecule has 3 rings (SSSR count). The van der Waals surface area contributed by atoms with Crippen molar-refractivity contribution in [3.05, 3.63) is 59.9 Å². The third-order valence-electron chi connectivity index (χ3n) is 3.49. The Labute approximate surface area is 123 Å². The maximum atomic E-state index is 8.93. The summed E-state index contributed by atoms with van der Waals surface area (Å²) in [5.74, 6) is 1.00. The first-order valence-corrected chi connectivity index (χ1v) is 7.00. The monoisotopic (exact) mass is 276 g/mol. The molecule has 0 fully saturated rings. The number of aromatic nitrogens is 2. The number of benzene rings is 2. The van der Waals surface area contributed by atoms with Gasteiger partial charge in [0.05, 0.1) is 29.2 Å². The summed E-state index contributed by atoms with van der Waals surface area (Å²) in [4.78, 5) is 4.68. The van der Waals surface area contributed by atoms with E-state index in [4.69, 9.17) is 5.26 Å². The number of para-hydroxylation sites is 2. The molecule has 0 saturated heterocycles. The first kappa shape index (κ1) is 13.2. The molecule has 1 N–H and O–H groups in total. The molecule has 1 heterocycles. The van der Waals surface area contributed by atoms with E-state index in [-0.39, 0.29) is 0 Å². The normalized spacial score (nSPS) is 10.5. The number of imidazole rings is 1. The van der Waals surface area contributed by atoms with Gasteiger partial charge < -0.3 is 9.88 Å². The average molecular weight is 276 g/mol. The van der Waals surface area contributed by atoms with E-state index in [1.165, 1.54) is 0 Å². The van der Waals surface area contributed by atoms with Gasteiger partial charge in [-0.25, -0.2) is 4.98 Å². The van der Waals surface area contributed by atoms with E-state index in [9.17, 15) is 0 Å². The lowest BCUT2D eigenvalue weighted by Crippen LogP contribution is -2.08. The maximum absolute atomic E-state index is 8.93. The first-order chi connectivity index (χ1) is 10.3. The van der Waals surface area contributed by atoms with E-state index < -0.39 is 0 Å². The molecule has 0 aliphatic rings. The predicted octanol–water partition coefficient (Wildman–Crippen LogP) is 3.54. The number of fused-ring (bicyclic) bond motifs is 1. The number of hydrogen-bond acceptors (Lipinski definition) is 3. The van der Waals surface area contributed by atoms with Gasteiger partial charge in [-0.1, -0.05) is 18.2 Å². The summed E-state index contributed by atoms with van der Waals surface area (Å²) in [5.41, 5.74) is 3.76. The van der Waals surface area contributed by atoms with Gasteiger partial charge in [0.2, 0.25) is 0 Å². The van der Waals surface area contributed by atoms with Crippen molar-refractivity contribution in [3.8, 4) is 6.07 Å². The summed E-state index contributed by atoms with van der Waals surface area (Å²) in [6, 6.07) is 17.8. The highest BCUT2D eigenvalue weighted by Gasteiger charge is 2.08. The molecule has 0 aliphatic carbocycles. The van der Waals surface area contributed by atoms with Gasteiger partial charge >= 0.3 is 0 Å². The second-order valence-corrected chi connectivity index (χ2v) is 4.81. The van der Waals surface area contributed by atoms with Gasteiger partial charge in [0.25, 0.3) is 0 Å². The van der Waals surface area contributed by atoms with Crippen molar-refractivity contribution in [2.75, 3.05) is 5.32 Å². The molecule has 3 aromatic rings. The van der Waals surface area contributed by atoms with Crippen molar-refractivity contribution < 1.29 is 0 Å². The van der Waals surface area contributed by atoms with E-state index in [0.29, 0.717) is 12.1 Å². The van der Waals surface area contributed by atoms with Gasteiger partial charge in [-0.05, 0) is 37.3 Å². The lowest BCUT2D eigenvalue weighted by Gasteiger charge is -2.08. The van der Waals surface area contributed by atoms with Crippen LogP contribution < -0.4 is 5.32 Å². The van der Waals surface area contributed by atoms with Gasteiger partial charge in [-0.15, -0.1) is 0 Å². The molecule has 0 spiro atoms. The topological polar surface area (TPSA) is 53.6 Å². The van der Waals surface area contributed by atoms with Crippen LogP contribution >= 0.6 is 0 Å². The van der Waals surface area contributed by atoms with Crippen LogP contribution in [0.15, 0.2) is 48.5 Å². The Morgan fingerprint density at radius 3 is 2.86 bits per heavy atom. The largest absolute Gasteiger partial charge is 0.378 e. The Balaban J connectivity index is 1.86.